The van der Waals surface area contributed by atoms with Crippen molar-refractivity contribution in [3.8, 4) is 0 Å². The van der Waals surface area contributed by atoms with Crippen LogP contribution in [0.25, 0.3) is 10.9 Å². The van der Waals surface area contributed by atoms with Gasteiger partial charge in [0.1, 0.15) is 5.82 Å². The molecule has 0 bridgehead atoms. The number of halogens is 1. The monoisotopic (exact) mass is 310 g/mol. The highest BCUT2D eigenvalue weighted by atomic mass is 32.2. The van der Waals surface area contributed by atoms with E-state index < -0.39 is 0 Å². The minimum atomic E-state index is -0.320. The van der Waals surface area contributed by atoms with Gasteiger partial charge in [-0.1, -0.05) is 0 Å². The Morgan fingerprint density at radius 1 is 1.52 bits per heavy atom. The first-order valence-electron chi connectivity index (χ1n) is 6.73. The molecule has 4 nitrogen and oxygen atoms in total. The fraction of sp³-hybridized carbons (Fsp3) is 0.400. The van der Waals surface area contributed by atoms with Gasteiger partial charge in [0.2, 0.25) is 5.91 Å². The highest BCUT2D eigenvalue weighted by Gasteiger charge is 2.18. The van der Waals surface area contributed by atoms with Gasteiger partial charge in [-0.05, 0) is 36.9 Å². The molecule has 1 aromatic carbocycles. The van der Waals surface area contributed by atoms with Gasteiger partial charge in [0.05, 0.1) is 13.0 Å². The van der Waals surface area contributed by atoms with E-state index in [9.17, 15) is 14.3 Å². The van der Waals surface area contributed by atoms with Crippen LogP contribution in [0.4, 0.5) is 4.39 Å². The number of amides is 1. The zero-order valence-electron chi connectivity index (χ0n) is 12.0. The van der Waals surface area contributed by atoms with E-state index in [1.54, 1.807) is 12.3 Å². The van der Waals surface area contributed by atoms with Crippen molar-refractivity contribution >= 4 is 28.6 Å². The van der Waals surface area contributed by atoms with E-state index in [1.807, 2.05) is 13.2 Å². The van der Waals surface area contributed by atoms with Crippen LogP contribution in [0.5, 0.6) is 0 Å². The van der Waals surface area contributed by atoms with Crippen molar-refractivity contribution in [1.82, 2.24) is 10.3 Å². The van der Waals surface area contributed by atoms with Crippen LogP contribution in [0.15, 0.2) is 24.4 Å². The smallest absolute Gasteiger partial charge is 0.224 e. The van der Waals surface area contributed by atoms with Crippen molar-refractivity contribution in [3.05, 3.63) is 35.8 Å². The molecule has 0 aliphatic rings. The summed E-state index contributed by atoms with van der Waals surface area (Å²) in [6.45, 7) is 1.88. The van der Waals surface area contributed by atoms with Crippen molar-refractivity contribution in [2.75, 3.05) is 12.9 Å². The van der Waals surface area contributed by atoms with E-state index in [0.29, 0.717) is 0 Å². The molecule has 1 amide bonds. The zero-order chi connectivity index (χ0) is 15.4. The maximum atomic E-state index is 13.3. The Balaban J connectivity index is 2.06. The summed E-state index contributed by atoms with van der Waals surface area (Å²) in [5.74, 6) is -0.458. The molecule has 3 N–H and O–H groups in total. The quantitative estimate of drug-likeness (QED) is 0.765. The van der Waals surface area contributed by atoms with Crippen LogP contribution in [0.2, 0.25) is 0 Å². The fourth-order valence-electron chi connectivity index (χ4n) is 2.30. The lowest BCUT2D eigenvalue weighted by molar-refractivity contribution is -0.121. The van der Waals surface area contributed by atoms with Crippen LogP contribution in [-0.4, -0.2) is 40.2 Å². The fourth-order valence-corrected chi connectivity index (χ4v) is 2.93. The predicted octanol–water partition coefficient (Wildman–Crippen LogP) is 2.08. The van der Waals surface area contributed by atoms with Gasteiger partial charge in [-0.3, -0.25) is 4.79 Å². The van der Waals surface area contributed by atoms with E-state index in [-0.39, 0.29) is 36.0 Å². The van der Waals surface area contributed by atoms with Crippen LogP contribution < -0.4 is 5.32 Å². The Morgan fingerprint density at radius 3 is 2.95 bits per heavy atom. The molecule has 0 saturated heterocycles. The number of hydrogen-bond donors (Lipinski definition) is 3. The molecule has 2 aromatic rings. The van der Waals surface area contributed by atoms with E-state index in [4.69, 9.17) is 0 Å². The third-order valence-electron chi connectivity index (χ3n) is 3.51. The zero-order valence-corrected chi connectivity index (χ0v) is 12.8. The summed E-state index contributed by atoms with van der Waals surface area (Å²) in [7, 11) is 0. The maximum absolute atomic E-state index is 13.3. The molecule has 2 atom stereocenters. The Morgan fingerprint density at radius 2 is 2.29 bits per heavy atom. The average Bonchev–Trinajstić information content (AvgIpc) is 2.82. The molecule has 0 radical (unpaired) electrons. The number of carbonyl (C=O) groups is 1. The van der Waals surface area contributed by atoms with Gasteiger partial charge in [-0.25, -0.2) is 4.39 Å². The Bertz CT molecular complexity index is 625. The number of benzene rings is 1. The minimum Gasteiger partial charge on any atom is -0.395 e. The number of aliphatic hydroxyl groups is 1. The lowest BCUT2D eigenvalue weighted by Crippen LogP contribution is -2.41. The number of thioether (sulfide) groups is 1. The van der Waals surface area contributed by atoms with Crippen LogP contribution in [0, 0.1) is 5.82 Å². The molecule has 21 heavy (non-hydrogen) atoms. The molecule has 0 saturated carbocycles. The van der Waals surface area contributed by atoms with Gasteiger partial charge in [0, 0.05) is 28.4 Å². The molecular formula is C15H19FN2O2S. The van der Waals surface area contributed by atoms with Crippen molar-refractivity contribution in [1.29, 1.82) is 0 Å². The number of carbonyl (C=O) groups excluding carboxylic acids is 1. The summed E-state index contributed by atoms with van der Waals surface area (Å²) in [5.41, 5.74) is 1.57. The molecule has 0 spiro atoms. The van der Waals surface area contributed by atoms with E-state index >= 15 is 0 Å². The second-order valence-corrected chi connectivity index (χ2v) is 6.07. The van der Waals surface area contributed by atoms with Crippen molar-refractivity contribution in [2.45, 2.75) is 24.6 Å². The Hall–Kier alpha value is -1.53. The highest BCUT2D eigenvalue weighted by molar-refractivity contribution is 7.99. The first kappa shape index (κ1) is 15.9. The number of aromatic amines is 1. The normalized spacial score (nSPS) is 14.1. The van der Waals surface area contributed by atoms with Crippen molar-refractivity contribution in [3.63, 3.8) is 0 Å². The van der Waals surface area contributed by atoms with Gasteiger partial charge in [0.25, 0.3) is 0 Å². The molecule has 6 heteroatoms. The summed E-state index contributed by atoms with van der Waals surface area (Å²) in [6.07, 6.45) is 3.80. The summed E-state index contributed by atoms with van der Waals surface area (Å²) < 4.78 is 13.3. The Labute approximate surface area is 127 Å². The van der Waals surface area contributed by atoms with Gasteiger partial charge >= 0.3 is 0 Å². The second-order valence-electron chi connectivity index (χ2n) is 4.99. The van der Waals surface area contributed by atoms with Gasteiger partial charge in [0.15, 0.2) is 0 Å². The number of hydrogen-bond acceptors (Lipinski definition) is 3. The number of aliphatic hydroxyl groups excluding tert-OH is 1. The van der Waals surface area contributed by atoms with E-state index in [2.05, 4.69) is 10.3 Å². The molecule has 0 aliphatic carbocycles. The molecule has 114 valence electrons. The van der Waals surface area contributed by atoms with Gasteiger partial charge in [-0.15, -0.1) is 0 Å². The van der Waals surface area contributed by atoms with Crippen LogP contribution in [0.1, 0.15) is 12.5 Å². The third-order valence-corrected chi connectivity index (χ3v) is 4.67. The largest absolute Gasteiger partial charge is 0.395 e. The molecule has 1 aromatic heterocycles. The summed E-state index contributed by atoms with van der Waals surface area (Å²) >= 11 is 1.51. The minimum absolute atomic E-state index is 0.0148. The highest BCUT2D eigenvalue weighted by Crippen LogP contribution is 2.20. The number of nitrogens with one attached hydrogen (secondary N) is 2. The standard InChI is InChI=1S/C15H19FN2O2S/c1-9(14(8-19)21-2)18-15(20)5-10-7-17-13-4-3-11(16)6-12(10)13/h3-4,6-7,9,14,17,19H,5,8H2,1-2H3,(H,18,20). The van der Waals surface area contributed by atoms with E-state index in [1.165, 1.54) is 23.9 Å². The van der Waals surface area contributed by atoms with Crippen molar-refractivity contribution in [2.24, 2.45) is 0 Å². The van der Waals surface area contributed by atoms with Crippen molar-refractivity contribution < 1.29 is 14.3 Å². The number of fused-ring (bicyclic) bond motifs is 1. The topological polar surface area (TPSA) is 65.1 Å². The van der Waals surface area contributed by atoms with E-state index in [0.717, 1.165) is 16.5 Å². The maximum Gasteiger partial charge on any atom is 0.224 e. The first-order valence-corrected chi connectivity index (χ1v) is 8.02. The summed E-state index contributed by atoms with van der Waals surface area (Å²) in [6, 6.07) is 4.34. The molecule has 1 heterocycles. The SMILES string of the molecule is CSC(CO)C(C)NC(=O)Cc1c[nH]c2ccc(F)cc12. The third kappa shape index (κ3) is 3.77. The summed E-state index contributed by atoms with van der Waals surface area (Å²) in [4.78, 5) is 15.1. The number of rotatable bonds is 6. The number of H-pyrrole nitrogens is 1. The average molecular weight is 310 g/mol. The van der Waals surface area contributed by atoms with Gasteiger partial charge in [-0.2, -0.15) is 11.8 Å². The van der Waals surface area contributed by atoms with Crippen LogP contribution >= 0.6 is 11.8 Å². The lowest BCUT2D eigenvalue weighted by Gasteiger charge is -2.21. The first-order chi connectivity index (χ1) is 10.0. The molecule has 0 aliphatic heterocycles. The summed E-state index contributed by atoms with van der Waals surface area (Å²) in [5, 5.41) is 12.8. The molecule has 2 rings (SSSR count). The predicted molar refractivity (Wildman–Crippen MR) is 84.0 cm³/mol. The van der Waals surface area contributed by atoms with Crippen LogP contribution in [-0.2, 0) is 11.2 Å². The molecular weight excluding hydrogens is 291 g/mol. The Kier molecular flexibility index (Phi) is 5.25. The van der Waals surface area contributed by atoms with Gasteiger partial charge < -0.3 is 15.4 Å². The molecule has 0 fully saturated rings. The molecule has 2 unspecified atom stereocenters. The van der Waals surface area contributed by atoms with Crippen LogP contribution in [0.3, 0.4) is 0 Å². The second kappa shape index (κ2) is 6.95. The lowest BCUT2D eigenvalue weighted by atomic mass is 10.1. The number of aromatic nitrogens is 1.